The van der Waals surface area contributed by atoms with Gasteiger partial charge in [-0.3, -0.25) is 9.69 Å². The number of fused-ring (bicyclic) bond motifs is 2. The Kier molecular flexibility index (Phi) is 4.43. The van der Waals surface area contributed by atoms with Crippen LogP contribution in [0.4, 0.5) is 5.69 Å². The number of carbonyl (C=O) groups is 1. The molecular formula is C23H27N3O3S. The number of para-hydroxylation sites is 1. The molecule has 4 rings (SSSR count). The van der Waals surface area contributed by atoms with Gasteiger partial charge in [0.15, 0.2) is 0 Å². The molecule has 0 N–H and O–H groups in total. The minimum atomic E-state index is -3.07. The van der Waals surface area contributed by atoms with Crippen molar-refractivity contribution in [2.75, 3.05) is 52.4 Å². The third-order valence-electron chi connectivity index (χ3n) is 4.24. The average molecular weight is 434 g/mol. The lowest BCUT2D eigenvalue weighted by Crippen LogP contribution is -2.49. The van der Waals surface area contributed by atoms with Gasteiger partial charge in [0.25, 0.3) is 0 Å². The molecule has 0 bridgehead atoms. The van der Waals surface area contributed by atoms with Crippen LogP contribution in [0.15, 0.2) is 63.3 Å². The lowest BCUT2D eigenvalue weighted by molar-refractivity contribution is -0.142. The third-order valence-corrected chi connectivity index (χ3v) is 5.38. The number of piperazine rings is 1. The Bertz CT molecular complexity index is 1220. The number of amidine groups is 1. The van der Waals surface area contributed by atoms with E-state index in [4.69, 9.17) is 20.4 Å². The van der Waals surface area contributed by atoms with Crippen LogP contribution in [0.3, 0.4) is 0 Å². The topological polar surface area (TPSA) is 54.4 Å². The van der Waals surface area contributed by atoms with Crippen molar-refractivity contribution < 1.29 is 25.2 Å². The van der Waals surface area contributed by atoms with Gasteiger partial charge in [0.2, 0.25) is 0 Å². The molecule has 158 valence electrons. The predicted octanol–water partition coefficient (Wildman–Crippen LogP) is 3.43. The summed E-state index contributed by atoms with van der Waals surface area (Å²) in [6.07, 6.45) is 0. The van der Waals surface area contributed by atoms with Gasteiger partial charge in [0.1, 0.15) is 12.4 Å². The maximum Gasteiger partial charge on any atom is 0.302 e. The van der Waals surface area contributed by atoms with E-state index in [1.165, 1.54) is 18.7 Å². The lowest BCUT2D eigenvalue weighted by Gasteiger charge is -2.36. The fourth-order valence-corrected chi connectivity index (χ4v) is 3.85. The highest BCUT2D eigenvalue weighted by molar-refractivity contribution is 7.99. The SMILES string of the molecule is [2H]C1([2H])N(CCOCCOC(C)=O)C([2H])([2H])C([2H])([2H])N(C2=Nc3ccccc3Sc3ccccc32)C1([2H])[2H]. The first-order valence-electron chi connectivity index (χ1n) is 13.5. The van der Waals surface area contributed by atoms with Crippen molar-refractivity contribution in [3.63, 3.8) is 0 Å². The van der Waals surface area contributed by atoms with Crippen molar-refractivity contribution >= 4 is 29.3 Å². The molecular weight excluding hydrogens is 398 g/mol. The number of hydrogen-bond donors (Lipinski definition) is 0. The van der Waals surface area contributed by atoms with Crippen LogP contribution in [-0.2, 0) is 14.3 Å². The summed E-state index contributed by atoms with van der Waals surface area (Å²) in [7, 11) is 0. The van der Waals surface area contributed by atoms with E-state index in [1.54, 1.807) is 36.4 Å². The Hall–Kier alpha value is -2.35. The third kappa shape index (κ3) is 5.22. The Balaban J connectivity index is 1.75. The van der Waals surface area contributed by atoms with E-state index in [-0.39, 0.29) is 25.7 Å². The normalized spacial score (nSPS) is 27.0. The van der Waals surface area contributed by atoms with E-state index < -0.39 is 38.5 Å². The number of nitrogens with zero attached hydrogens (tertiary/aromatic N) is 3. The van der Waals surface area contributed by atoms with E-state index in [9.17, 15) is 4.79 Å². The largest absolute Gasteiger partial charge is 0.463 e. The fraction of sp³-hybridized carbons (Fsp3) is 0.391. The highest BCUT2D eigenvalue weighted by Gasteiger charge is 2.24. The average Bonchev–Trinajstić information content (AvgIpc) is 2.98. The first kappa shape index (κ1) is 13.1. The summed E-state index contributed by atoms with van der Waals surface area (Å²) < 4.78 is 80.3. The van der Waals surface area contributed by atoms with Crippen LogP contribution in [0, 0.1) is 0 Å². The van der Waals surface area contributed by atoms with Gasteiger partial charge in [-0.2, -0.15) is 0 Å². The smallest absolute Gasteiger partial charge is 0.302 e. The molecule has 0 amide bonds. The maximum absolute atomic E-state index is 10.9. The second kappa shape index (κ2) is 10.1. The van der Waals surface area contributed by atoms with Crippen molar-refractivity contribution in [3.8, 4) is 0 Å². The van der Waals surface area contributed by atoms with Crippen molar-refractivity contribution in [1.29, 1.82) is 0 Å². The first-order chi connectivity index (χ1) is 17.7. The van der Waals surface area contributed by atoms with Gasteiger partial charge < -0.3 is 14.4 Å². The summed E-state index contributed by atoms with van der Waals surface area (Å²) >= 11 is 1.36. The van der Waals surface area contributed by atoms with E-state index in [1.807, 2.05) is 12.1 Å². The van der Waals surface area contributed by atoms with Crippen molar-refractivity contribution in [2.24, 2.45) is 4.99 Å². The molecule has 0 spiro atoms. The number of carbonyl (C=O) groups excluding carboxylic acids is 1. The monoisotopic (exact) mass is 433 g/mol. The fourth-order valence-electron chi connectivity index (χ4n) is 2.84. The highest BCUT2D eigenvalue weighted by Crippen LogP contribution is 2.40. The first-order valence-corrected chi connectivity index (χ1v) is 10.3. The Morgan fingerprint density at radius 3 is 2.57 bits per heavy atom. The lowest BCUT2D eigenvalue weighted by atomic mass is 10.1. The van der Waals surface area contributed by atoms with Gasteiger partial charge in [0.05, 0.1) is 24.4 Å². The molecule has 0 atom stereocenters. The van der Waals surface area contributed by atoms with E-state index in [0.29, 0.717) is 25.9 Å². The Morgan fingerprint density at radius 1 is 1.03 bits per heavy atom. The second-order valence-corrected chi connectivity index (χ2v) is 7.47. The molecule has 2 aromatic carbocycles. The molecule has 0 aromatic heterocycles. The Morgan fingerprint density at radius 2 is 1.77 bits per heavy atom. The molecule has 1 fully saturated rings. The summed E-state index contributed by atoms with van der Waals surface area (Å²) in [5.74, 6) is -0.708. The number of benzene rings is 2. The molecule has 30 heavy (non-hydrogen) atoms. The maximum atomic E-state index is 10.9. The number of esters is 1. The predicted molar refractivity (Wildman–Crippen MR) is 119 cm³/mol. The highest BCUT2D eigenvalue weighted by atomic mass is 32.2. The van der Waals surface area contributed by atoms with Gasteiger partial charge in [-0.1, -0.05) is 42.1 Å². The van der Waals surface area contributed by atoms with Crippen LogP contribution in [0.25, 0.3) is 0 Å². The summed E-state index contributed by atoms with van der Waals surface area (Å²) in [6, 6.07) is 13.9. The molecule has 6 nitrogen and oxygen atoms in total. The van der Waals surface area contributed by atoms with Gasteiger partial charge in [-0.15, -0.1) is 0 Å². The molecule has 2 aromatic rings. The summed E-state index contributed by atoms with van der Waals surface area (Å²) in [5.41, 5.74) is 0.787. The zero-order valence-electron chi connectivity index (χ0n) is 24.4. The van der Waals surface area contributed by atoms with Gasteiger partial charge in [0, 0.05) is 60.3 Å². The van der Waals surface area contributed by atoms with Crippen LogP contribution in [0.2, 0.25) is 0 Å². The van der Waals surface area contributed by atoms with Crippen LogP contribution in [-0.4, -0.2) is 74.0 Å². The second-order valence-electron chi connectivity index (χ2n) is 6.39. The number of rotatable bonds is 6. The molecule has 0 radical (unpaired) electrons. The van der Waals surface area contributed by atoms with E-state index in [2.05, 4.69) is 4.99 Å². The van der Waals surface area contributed by atoms with E-state index >= 15 is 0 Å². The van der Waals surface area contributed by atoms with Crippen LogP contribution in [0.1, 0.15) is 23.5 Å². The molecule has 2 aliphatic rings. The summed E-state index contributed by atoms with van der Waals surface area (Å²) in [5, 5.41) is 0. The van der Waals surface area contributed by atoms with Gasteiger partial charge in [-0.05, 0) is 18.2 Å². The summed E-state index contributed by atoms with van der Waals surface area (Å²) in [6.45, 7) is -11.7. The molecule has 0 unspecified atom stereocenters. The van der Waals surface area contributed by atoms with Crippen molar-refractivity contribution in [2.45, 2.75) is 16.7 Å². The van der Waals surface area contributed by atoms with Crippen LogP contribution >= 0.6 is 11.8 Å². The molecule has 7 heteroatoms. The quantitative estimate of drug-likeness (QED) is 0.514. The number of aliphatic imine (C=N–C) groups is 1. The van der Waals surface area contributed by atoms with Gasteiger partial charge >= 0.3 is 5.97 Å². The zero-order valence-corrected chi connectivity index (χ0v) is 17.2. The zero-order chi connectivity index (χ0) is 27.9. The standard InChI is InChI=1S/C23H27N3O3S/c1-18(27)29-17-16-28-15-14-25-10-12-26(13-11-25)23-19-6-2-4-8-21(19)30-22-9-5-3-7-20(22)24-23/h2-9H,10-17H2,1H3/i10D2,11D2,12D2,13D2. The van der Waals surface area contributed by atoms with Gasteiger partial charge in [-0.25, -0.2) is 4.99 Å². The summed E-state index contributed by atoms with van der Waals surface area (Å²) in [4.78, 5) is 17.9. The number of hydrogen-bond acceptors (Lipinski definition) is 7. The molecule has 2 heterocycles. The molecule has 2 aliphatic heterocycles. The van der Waals surface area contributed by atoms with Crippen LogP contribution in [0.5, 0.6) is 0 Å². The minimum Gasteiger partial charge on any atom is -0.463 e. The van der Waals surface area contributed by atoms with Crippen molar-refractivity contribution in [1.82, 2.24) is 9.80 Å². The van der Waals surface area contributed by atoms with Crippen LogP contribution < -0.4 is 0 Å². The molecule has 0 saturated carbocycles. The molecule has 1 saturated heterocycles. The van der Waals surface area contributed by atoms with E-state index in [0.717, 1.165) is 4.90 Å². The number of ether oxygens (including phenoxy) is 2. The molecule has 0 aliphatic carbocycles. The minimum absolute atomic E-state index is 0.0317. The van der Waals surface area contributed by atoms with Crippen molar-refractivity contribution in [3.05, 3.63) is 54.1 Å². The Labute approximate surface area is 193 Å².